The van der Waals surface area contributed by atoms with Gasteiger partial charge in [0.05, 0.1) is 13.0 Å². The minimum absolute atomic E-state index is 0.610. The second-order valence-corrected chi connectivity index (χ2v) is 4.28. The molecule has 5 nitrogen and oxygen atoms in total. The summed E-state index contributed by atoms with van der Waals surface area (Å²) in [5.41, 5.74) is 0. The minimum atomic E-state index is -6.26. The second kappa shape index (κ2) is 5.00. The number of halogens is 4. The molecule has 0 amide bonds. The molecule has 0 aromatic heterocycles. The number of hydrogen-bond acceptors (Lipinski definition) is 4. The lowest BCUT2D eigenvalue weighted by Crippen LogP contribution is -2.47. The van der Waals surface area contributed by atoms with E-state index in [1.165, 1.54) is 0 Å². The van der Waals surface area contributed by atoms with Crippen molar-refractivity contribution in [3.63, 3.8) is 0 Å². The summed E-state index contributed by atoms with van der Waals surface area (Å²) in [7, 11) is -6.26. The van der Waals surface area contributed by atoms with E-state index in [1.54, 1.807) is 0 Å². The molecule has 0 unspecified atom stereocenters. The summed E-state index contributed by atoms with van der Waals surface area (Å²) in [6, 6.07) is 0. The van der Waals surface area contributed by atoms with Crippen LogP contribution in [0.15, 0.2) is 12.7 Å². The molecule has 0 aliphatic carbocycles. The topological polar surface area (TPSA) is 80.7 Å². The normalized spacial score (nSPS) is 13.2. The highest BCUT2D eigenvalue weighted by atomic mass is 32.2. The van der Waals surface area contributed by atoms with Gasteiger partial charge in [0.2, 0.25) is 0 Å². The molecule has 0 saturated heterocycles. The van der Waals surface area contributed by atoms with Gasteiger partial charge in [0.1, 0.15) is 0 Å². The lowest BCUT2D eigenvalue weighted by atomic mass is 10.2. The fourth-order valence-corrected chi connectivity index (χ4v) is 1.15. The van der Waals surface area contributed by atoms with Gasteiger partial charge in [-0.15, -0.1) is 0 Å². The molecule has 0 spiro atoms. The summed E-state index contributed by atoms with van der Waals surface area (Å²) in [6.45, 7) is 1.77. The molecule has 1 N–H and O–H groups in total. The van der Waals surface area contributed by atoms with Crippen molar-refractivity contribution in [2.45, 2.75) is 17.6 Å². The number of rotatable bonds is 6. The SMILES string of the molecule is C=CC(=O)OCCC(F)(F)C(F)(F)S(=O)(=O)O. The summed E-state index contributed by atoms with van der Waals surface area (Å²) in [5.74, 6) is -6.20. The van der Waals surface area contributed by atoms with Gasteiger partial charge in [-0.2, -0.15) is 26.0 Å². The van der Waals surface area contributed by atoms with Crippen molar-refractivity contribution in [3.8, 4) is 0 Å². The van der Waals surface area contributed by atoms with Crippen LogP contribution in [0.3, 0.4) is 0 Å². The molecular weight excluding hydrogens is 272 g/mol. The van der Waals surface area contributed by atoms with Gasteiger partial charge < -0.3 is 4.74 Å². The molecule has 0 saturated carbocycles. The van der Waals surface area contributed by atoms with E-state index < -0.39 is 40.3 Å². The zero-order valence-electron chi connectivity index (χ0n) is 8.20. The summed E-state index contributed by atoms with van der Waals surface area (Å²) in [5, 5.41) is -5.65. The average molecular weight is 280 g/mol. The standard InChI is InChI=1S/C7H8F4O5S/c1-2-5(12)16-4-3-6(8,9)7(10,11)17(13,14)15/h2H,1,3-4H2,(H,13,14,15). The Labute approximate surface area is 93.8 Å². The number of esters is 1. The van der Waals surface area contributed by atoms with Crippen LogP contribution in [0.5, 0.6) is 0 Å². The smallest absolute Gasteiger partial charge is 0.431 e. The highest BCUT2D eigenvalue weighted by Gasteiger charge is 2.65. The van der Waals surface area contributed by atoms with Crippen LogP contribution >= 0.6 is 0 Å². The number of ether oxygens (including phenoxy) is 1. The van der Waals surface area contributed by atoms with Crippen molar-refractivity contribution in [3.05, 3.63) is 12.7 Å². The molecular formula is C7H8F4O5S. The average Bonchev–Trinajstić information content (AvgIpc) is 2.15. The summed E-state index contributed by atoms with van der Waals surface area (Å²) < 4.78 is 82.7. The van der Waals surface area contributed by atoms with Crippen LogP contribution in [0.2, 0.25) is 0 Å². The molecule has 0 bridgehead atoms. The molecule has 100 valence electrons. The molecule has 0 aliphatic heterocycles. The lowest BCUT2D eigenvalue weighted by Gasteiger charge is -2.23. The highest BCUT2D eigenvalue weighted by molar-refractivity contribution is 7.87. The van der Waals surface area contributed by atoms with E-state index in [0.717, 1.165) is 0 Å². The van der Waals surface area contributed by atoms with Gasteiger partial charge in [0, 0.05) is 6.08 Å². The predicted octanol–water partition coefficient (Wildman–Crippen LogP) is 1.22. The maximum atomic E-state index is 12.7. The van der Waals surface area contributed by atoms with Crippen LogP contribution in [0.25, 0.3) is 0 Å². The molecule has 0 heterocycles. The van der Waals surface area contributed by atoms with Crippen molar-refractivity contribution in [1.82, 2.24) is 0 Å². The van der Waals surface area contributed by atoms with Gasteiger partial charge in [-0.25, -0.2) is 4.79 Å². The Balaban J connectivity index is 4.69. The molecule has 10 heteroatoms. The number of alkyl halides is 4. The maximum absolute atomic E-state index is 12.7. The van der Waals surface area contributed by atoms with Gasteiger partial charge in [-0.05, 0) is 0 Å². The summed E-state index contributed by atoms with van der Waals surface area (Å²) in [6.07, 6.45) is -1.15. The quantitative estimate of drug-likeness (QED) is 0.342. The maximum Gasteiger partial charge on any atom is 0.431 e. The van der Waals surface area contributed by atoms with Crippen LogP contribution in [0.4, 0.5) is 17.6 Å². The molecule has 0 atom stereocenters. The fourth-order valence-electron chi connectivity index (χ4n) is 0.673. The van der Waals surface area contributed by atoms with Gasteiger partial charge in [0.15, 0.2) is 0 Å². The molecule has 0 fully saturated rings. The third-order valence-corrected chi connectivity index (χ3v) is 2.52. The van der Waals surface area contributed by atoms with Crippen molar-refractivity contribution >= 4 is 16.1 Å². The number of carbonyl (C=O) groups excluding carboxylic acids is 1. The number of carbonyl (C=O) groups is 1. The fraction of sp³-hybridized carbons (Fsp3) is 0.571. The zero-order valence-corrected chi connectivity index (χ0v) is 9.02. The van der Waals surface area contributed by atoms with Crippen molar-refractivity contribution < 1.29 is 40.1 Å². The Morgan fingerprint density at radius 1 is 1.35 bits per heavy atom. The lowest BCUT2D eigenvalue weighted by molar-refractivity contribution is -0.173. The van der Waals surface area contributed by atoms with E-state index in [9.17, 15) is 30.8 Å². The Morgan fingerprint density at radius 3 is 2.18 bits per heavy atom. The van der Waals surface area contributed by atoms with E-state index in [0.29, 0.717) is 6.08 Å². The molecule has 0 radical (unpaired) electrons. The Hall–Kier alpha value is -1.16. The van der Waals surface area contributed by atoms with E-state index >= 15 is 0 Å². The third-order valence-electron chi connectivity index (χ3n) is 1.58. The third kappa shape index (κ3) is 3.66. The summed E-state index contributed by atoms with van der Waals surface area (Å²) >= 11 is 0. The summed E-state index contributed by atoms with van der Waals surface area (Å²) in [4.78, 5) is 10.4. The largest absolute Gasteiger partial charge is 0.462 e. The molecule has 0 aromatic carbocycles. The van der Waals surface area contributed by atoms with Crippen LogP contribution in [0, 0.1) is 0 Å². The second-order valence-electron chi connectivity index (χ2n) is 2.82. The van der Waals surface area contributed by atoms with Crippen molar-refractivity contribution in [2.24, 2.45) is 0 Å². The Bertz CT molecular complexity index is 402. The zero-order chi connectivity index (χ0) is 13.9. The first kappa shape index (κ1) is 15.8. The monoisotopic (exact) mass is 280 g/mol. The van der Waals surface area contributed by atoms with Gasteiger partial charge in [0.25, 0.3) is 0 Å². The van der Waals surface area contributed by atoms with Gasteiger partial charge >= 0.3 is 27.3 Å². The van der Waals surface area contributed by atoms with Crippen molar-refractivity contribution in [1.29, 1.82) is 0 Å². The Morgan fingerprint density at radius 2 is 1.82 bits per heavy atom. The van der Waals surface area contributed by atoms with Gasteiger partial charge in [-0.3, -0.25) is 4.55 Å². The first-order valence-electron chi connectivity index (χ1n) is 3.97. The van der Waals surface area contributed by atoms with Crippen LogP contribution in [-0.2, 0) is 19.6 Å². The van der Waals surface area contributed by atoms with Crippen LogP contribution in [0.1, 0.15) is 6.42 Å². The van der Waals surface area contributed by atoms with E-state index in [4.69, 9.17) is 4.55 Å². The molecule has 0 rings (SSSR count). The molecule has 0 aromatic rings. The Kier molecular flexibility index (Phi) is 4.66. The molecule has 0 aliphatic rings. The van der Waals surface area contributed by atoms with E-state index in [1.807, 2.05) is 0 Å². The van der Waals surface area contributed by atoms with Crippen LogP contribution < -0.4 is 0 Å². The van der Waals surface area contributed by atoms with Crippen molar-refractivity contribution in [2.75, 3.05) is 6.61 Å². The predicted molar refractivity (Wildman–Crippen MR) is 47.2 cm³/mol. The first-order chi connectivity index (χ1) is 7.45. The van der Waals surface area contributed by atoms with Crippen LogP contribution in [-0.4, -0.2) is 36.7 Å². The van der Waals surface area contributed by atoms with Gasteiger partial charge in [-0.1, -0.05) is 6.58 Å². The minimum Gasteiger partial charge on any atom is -0.462 e. The van der Waals surface area contributed by atoms with E-state index in [-0.39, 0.29) is 0 Å². The number of hydrogen-bond donors (Lipinski definition) is 1. The van der Waals surface area contributed by atoms with E-state index in [2.05, 4.69) is 11.3 Å². The first-order valence-corrected chi connectivity index (χ1v) is 5.41. The highest BCUT2D eigenvalue weighted by Crippen LogP contribution is 2.40. The molecule has 17 heavy (non-hydrogen) atoms.